The number of alkyl halides is 3. The molecule has 0 aliphatic rings. The largest absolute Gasteiger partial charge is 0.431 e. The average molecular weight is 376 g/mol. The first-order valence-electron chi connectivity index (χ1n) is 6.90. The summed E-state index contributed by atoms with van der Waals surface area (Å²) in [7, 11) is 0.856. The summed E-state index contributed by atoms with van der Waals surface area (Å²) in [6.07, 6.45) is -4.90. The Morgan fingerprint density at radius 3 is 2.40 bits per heavy atom. The van der Waals surface area contributed by atoms with Crippen LogP contribution in [0.25, 0.3) is 16.6 Å². The highest BCUT2D eigenvalue weighted by Gasteiger charge is 2.35. The molecular formula is C15H10ClF4N3O2. The van der Waals surface area contributed by atoms with E-state index in [1.165, 1.54) is 6.07 Å². The van der Waals surface area contributed by atoms with Gasteiger partial charge in [0.2, 0.25) is 0 Å². The molecule has 1 N–H and O–H groups in total. The molecule has 0 saturated heterocycles. The van der Waals surface area contributed by atoms with Crippen molar-refractivity contribution in [2.45, 2.75) is 13.1 Å². The number of nitrogens with one attached hydrogen (secondary N) is 1. The van der Waals surface area contributed by atoms with Crippen molar-refractivity contribution < 1.29 is 17.6 Å². The molecule has 1 aromatic carbocycles. The summed E-state index contributed by atoms with van der Waals surface area (Å²) in [6, 6.07) is 2.59. The van der Waals surface area contributed by atoms with Gasteiger partial charge in [0, 0.05) is 24.2 Å². The van der Waals surface area contributed by atoms with Crippen molar-refractivity contribution in [3.63, 3.8) is 0 Å². The maximum Gasteiger partial charge on any atom is 0.431 e. The Morgan fingerprint density at radius 1 is 1.16 bits per heavy atom. The van der Waals surface area contributed by atoms with Crippen molar-refractivity contribution in [1.29, 1.82) is 0 Å². The third kappa shape index (κ3) is 2.64. The summed E-state index contributed by atoms with van der Waals surface area (Å²) < 4.78 is 53.9. The zero-order valence-electron chi connectivity index (χ0n) is 12.8. The summed E-state index contributed by atoms with van der Waals surface area (Å²) in [5.41, 5.74) is -3.65. The van der Waals surface area contributed by atoms with Crippen molar-refractivity contribution in [3.05, 3.63) is 61.3 Å². The van der Waals surface area contributed by atoms with E-state index in [0.717, 1.165) is 13.1 Å². The number of hydrogen-bond acceptors (Lipinski definition) is 2. The SMILES string of the molecule is Cc1cc2c(-n3c(=O)cc(C(F)(F)F)n(C)c3=O)c(F)cc(Cl)c2[nH]1. The Bertz CT molecular complexity index is 1120. The van der Waals surface area contributed by atoms with Crippen molar-refractivity contribution in [1.82, 2.24) is 14.1 Å². The van der Waals surface area contributed by atoms with Gasteiger partial charge < -0.3 is 4.98 Å². The lowest BCUT2D eigenvalue weighted by Gasteiger charge is -2.15. The summed E-state index contributed by atoms with van der Waals surface area (Å²) >= 11 is 5.94. The highest BCUT2D eigenvalue weighted by molar-refractivity contribution is 6.35. The highest BCUT2D eigenvalue weighted by Crippen LogP contribution is 2.31. The second-order valence-electron chi connectivity index (χ2n) is 5.47. The quantitative estimate of drug-likeness (QED) is 0.664. The van der Waals surface area contributed by atoms with E-state index in [9.17, 15) is 27.2 Å². The molecule has 3 aromatic rings. The molecular weight excluding hydrogens is 366 g/mol. The van der Waals surface area contributed by atoms with Crippen LogP contribution in [0, 0.1) is 12.7 Å². The molecule has 3 rings (SSSR count). The molecule has 0 bridgehead atoms. The molecule has 0 aliphatic carbocycles. The van der Waals surface area contributed by atoms with Gasteiger partial charge in [-0.1, -0.05) is 11.6 Å². The Labute approximate surface area is 142 Å². The molecule has 0 amide bonds. The monoisotopic (exact) mass is 375 g/mol. The number of aryl methyl sites for hydroxylation is 1. The lowest BCUT2D eigenvalue weighted by atomic mass is 10.2. The van der Waals surface area contributed by atoms with Gasteiger partial charge in [0.15, 0.2) is 0 Å². The normalized spacial score (nSPS) is 12.1. The van der Waals surface area contributed by atoms with Crippen molar-refractivity contribution >= 4 is 22.5 Å². The molecule has 5 nitrogen and oxygen atoms in total. The zero-order valence-corrected chi connectivity index (χ0v) is 13.6. The molecule has 0 aliphatic heterocycles. The molecule has 0 radical (unpaired) electrons. The van der Waals surface area contributed by atoms with Gasteiger partial charge in [-0.3, -0.25) is 9.36 Å². The third-order valence-corrected chi connectivity index (χ3v) is 4.06. The number of H-pyrrole nitrogens is 1. The first kappa shape index (κ1) is 17.3. The average Bonchev–Trinajstić information content (AvgIpc) is 2.87. The lowest BCUT2D eigenvalue weighted by molar-refractivity contribution is -0.144. The van der Waals surface area contributed by atoms with Crippen LogP contribution in [0.15, 0.2) is 27.8 Å². The number of aromatic amines is 1. The van der Waals surface area contributed by atoms with Gasteiger partial charge >= 0.3 is 11.9 Å². The van der Waals surface area contributed by atoms with Crippen LogP contribution in [0.2, 0.25) is 5.02 Å². The number of nitrogens with zero attached hydrogens (tertiary/aromatic N) is 2. The van der Waals surface area contributed by atoms with E-state index in [2.05, 4.69) is 4.98 Å². The Kier molecular flexibility index (Phi) is 3.79. The summed E-state index contributed by atoms with van der Waals surface area (Å²) in [4.78, 5) is 27.4. The van der Waals surface area contributed by atoms with Crippen LogP contribution < -0.4 is 11.2 Å². The van der Waals surface area contributed by atoms with Crippen molar-refractivity contribution in [2.24, 2.45) is 7.05 Å². The van der Waals surface area contributed by atoms with Gasteiger partial charge in [-0.2, -0.15) is 13.2 Å². The molecule has 0 saturated carbocycles. The van der Waals surface area contributed by atoms with Gasteiger partial charge in [0.25, 0.3) is 5.56 Å². The Balaban J connectivity index is 2.48. The van der Waals surface area contributed by atoms with Crippen molar-refractivity contribution in [3.8, 4) is 5.69 Å². The van der Waals surface area contributed by atoms with E-state index in [0.29, 0.717) is 10.3 Å². The molecule has 25 heavy (non-hydrogen) atoms. The Morgan fingerprint density at radius 2 is 1.80 bits per heavy atom. The molecule has 132 valence electrons. The van der Waals surface area contributed by atoms with E-state index in [1.54, 1.807) is 6.92 Å². The maximum absolute atomic E-state index is 14.5. The number of fused-ring (bicyclic) bond motifs is 1. The van der Waals surface area contributed by atoms with Crippen LogP contribution in [0.5, 0.6) is 0 Å². The fraction of sp³-hybridized carbons (Fsp3) is 0.200. The first-order chi connectivity index (χ1) is 11.5. The standard InChI is InChI=1S/C15H10ClF4N3O2/c1-6-3-7-12(21-6)8(16)4-9(17)13(7)23-11(24)5-10(15(18,19)20)22(2)14(23)25/h3-5,21H,1-2H3. The smallest absolute Gasteiger partial charge is 0.357 e. The number of aromatic nitrogens is 3. The van der Waals surface area contributed by atoms with Gasteiger partial charge in [0.05, 0.1) is 16.2 Å². The lowest BCUT2D eigenvalue weighted by Crippen LogP contribution is -2.41. The zero-order chi connectivity index (χ0) is 18.7. The second kappa shape index (κ2) is 5.48. The van der Waals surface area contributed by atoms with Crippen LogP contribution in [-0.4, -0.2) is 14.1 Å². The minimum atomic E-state index is -4.90. The van der Waals surface area contributed by atoms with Crippen LogP contribution in [-0.2, 0) is 13.2 Å². The molecule has 10 heteroatoms. The van der Waals surface area contributed by atoms with E-state index < -0.39 is 34.6 Å². The number of hydrogen-bond donors (Lipinski definition) is 1. The van der Waals surface area contributed by atoms with Gasteiger partial charge in [-0.25, -0.2) is 13.8 Å². The Hall–Kier alpha value is -2.55. The number of halogens is 5. The minimum absolute atomic E-state index is 0.0149. The van der Waals surface area contributed by atoms with E-state index in [4.69, 9.17) is 11.6 Å². The predicted molar refractivity (Wildman–Crippen MR) is 83.8 cm³/mol. The summed E-state index contributed by atoms with van der Waals surface area (Å²) in [5.74, 6) is -1.00. The predicted octanol–water partition coefficient (Wildman–Crippen LogP) is 3.14. The molecule has 0 atom stereocenters. The van der Waals surface area contributed by atoms with Gasteiger partial charge in [0.1, 0.15) is 11.5 Å². The van der Waals surface area contributed by atoms with Gasteiger partial charge in [-0.15, -0.1) is 0 Å². The molecule has 0 unspecified atom stereocenters. The topological polar surface area (TPSA) is 59.8 Å². The van der Waals surface area contributed by atoms with Crippen molar-refractivity contribution in [2.75, 3.05) is 0 Å². The number of benzene rings is 1. The van der Waals surface area contributed by atoms with Crippen LogP contribution in [0.4, 0.5) is 17.6 Å². The van der Waals surface area contributed by atoms with E-state index in [1.807, 2.05) is 0 Å². The second-order valence-corrected chi connectivity index (χ2v) is 5.88. The van der Waals surface area contributed by atoms with E-state index >= 15 is 0 Å². The minimum Gasteiger partial charge on any atom is -0.357 e. The fourth-order valence-corrected chi connectivity index (χ4v) is 2.92. The first-order valence-corrected chi connectivity index (χ1v) is 7.28. The fourth-order valence-electron chi connectivity index (χ4n) is 2.68. The van der Waals surface area contributed by atoms with Gasteiger partial charge in [-0.05, 0) is 19.1 Å². The third-order valence-electron chi connectivity index (χ3n) is 3.76. The van der Waals surface area contributed by atoms with Crippen LogP contribution >= 0.6 is 11.6 Å². The summed E-state index contributed by atoms with van der Waals surface area (Å²) in [6.45, 7) is 1.64. The molecule has 2 heterocycles. The molecule has 2 aromatic heterocycles. The molecule has 0 fully saturated rings. The van der Waals surface area contributed by atoms with E-state index in [-0.39, 0.29) is 26.6 Å². The van der Waals surface area contributed by atoms with Crippen LogP contribution in [0.3, 0.4) is 0 Å². The highest BCUT2D eigenvalue weighted by atomic mass is 35.5. The number of rotatable bonds is 1. The molecule has 0 spiro atoms. The summed E-state index contributed by atoms with van der Waals surface area (Å²) in [5, 5.41) is 0.127. The maximum atomic E-state index is 14.5. The van der Waals surface area contributed by atoms with Crippen LogP contribution in [0.1, 0.15) is 11.4 Å².